The predicted octanol–water partition coefficient (Wildman–Crippen LogP) is 1.26. The highest BCUT2D eigenvalue weighted by Gasteiger charge is 2.14. The van der Waals surface area contributed by atoms with E-state index < -0.39 is 5.56 Å². The van der Waals surface area contributed by atoms with Gasteiger partial charge in [0, 0.05) is 6.54 Å². The molecule has 0 spiro atoms. The fraction of sp³-hybridized carbons (Fsp3) is 0.545. The molecule has 1 N–H and O–H groups in total. The second-order valence-corrected chi connectivity index (χ2v) is 4.86. The molecule has 1 heterocycles. The van der Waals surface area contributed by atoms with E-state index in [9.17, 15) is 9.90 Å². The maximum absolute atomic E-state index is 11.7. The monoisotopic (exact) mass is 221 g/mol. The van der Waals surface area contributed by atoms with Crippen molar-refractivity contribution >= 4 is 0 Å². The Balaban J connectivity index is 3.01. The first-order chi connectivity index (χ1) is 7.35. The van der Waals surface area contributed by atoms with Crippen LogP contribution in [0.3, 0.4) is 0 Å². The number of aromatic hydroxyl groups is 1. The van der Waals surface area contributed by atoms with E-state index in [2.05, 4.69) is 25.9 Å². The van der Waals surface area contributed by atoms with Crippen LogP contribution < -0.4 is 5.56 Å². The molecule has 5 nitrogen and oxygen atoms in total. The summed E-state index contributed by atoms with van der Waals surface area (Å²) in [7, 11) is 0. The van der Waals surface area contributed by atoms with Crippen molar-refractivity contribution < 1.29 is 5.11 Å². The summed E-state index contributed by atoms with van der Waals surface area (Å²) in [6.07, 6.45) is 1.90. The van der Waals surface area contributed by atoms with E-state index in [0.717, 1.165) is 12.6 Å². The van der Waals surface area contributed by atoms with E-state index in [1.165, 1.54) is 4.68 Å². The summed E-state index contributed by atoms with van der Waals surface area (Å²) in [4.78, 5) is 11.7. The highest BCUT2D eigenvalue weighted by Crippen LogP contribution is 2.18. The van der Waals surface area contributed by atoms with Crippen molar-refractivity contribution in [1.82, 2.24) is 9.78 Å². The van der Waals surface area contributed by atoms with Crippen molar-refractivity contribution in [3.05, 3.63) is 22.1 Å². The number of aromatic nitrogens is 2. The van der Waals surface area contributed by atoms with Gasteiger partial charge in [-0.1, -0.05) is 20.8 Å². The van der Waals surface area contributed by atoms with Gasteiger partial charge in [-0.15, -0.1) is 0 Å². The van der Waals surface area contributed by atoms with Gasteiger partial charge in [0.2, 0.25) is 0 Å². The third kappa shape index (κ3) is 2.83. The molecule has 0 saturated carbocycles. The number of nitrogens with zero attached hydrogens (tertiary/aromatic N) is 3. The molecule has 1 aromatic heterocycles. The zero-order chi connectivity index (χ0) is 12.3. The van der Waals surface area contributed by atoms with E-state index in [1.54, 1.807) is 6.07 Å². The van der Waals surface area contributed by atoms with Crippen LogP contribution in [0.25, 0.3) is 0 Å². The fourth-order valence-corrected chi connectivity index (χ4v) is 1.19. The van der Waals surface area contributed by atoms with Gasteiger partial charge < -0.3 is 5.11 Å². The molecule has 5 heteroatoms. The average molecular weight is 221 g/mol. The first kappa shape index (κ1) is 12.2. The van der Waals surface area contributed by atoms with Gasteiger partial charge in [-0.25, -0.2) is 4.68 Å². The van der Waals surface area contributed by atoms with E-state index >= 15 is 0 Å². The van der Waals surface area contributed by atoms with Gasteiger partial charge in [-0.3, -0.25) is 4.79 Å². The molecule has 0 radical (unpaired) electrons. The van der Waals surface area contributed by atoms with Crippen LogP contribution in [-0.4, -0.2) is 14.9 Å². The summed E-state index contributed by atoms with van der Waals surface area (Å²) in [5, 5.41) is 21.7. The number of aryl methyl sites for hydroxylation is 1. The highest BCUT2D eigenvalue weighted by molar-refractivity contribution is 5.37. The minimum absolute atomic E-state index is 0.0891. The predicted molar refractivity (Wildman–Crippen MR) is 58.9 cm³/mol. The lowest BCUT2D eigenvalue weighted by Gasteiger charge is -2.17. The first-order valence-corrected chi connectivity index (χ1v) is 5.04. The standard InChI is InChI=1S/C11H15N3O2/c1-11(2,3)4-5-14-10(16)8(6-12)9(15)7-13-14/h7,15H,4-5H2,1-3H3. The lowest BCUT2D eigenvalue weighted by Crippen LogP contribution is -2.26. The number of rotatable bonds is 2. The Labute approximate surface area is 94.0 Å². The quantitative estimate of drug-likeness (QED) is 0.815. The molecule has 0 saturated heterocycles. The van der Waals surface area contributed by atoms with E-state index in [4.69, 9.17) is 5.26 Å². The Kier molecular flexibility index (Phi) is 3.33. The van der Waals surface area contributed by atoms with Crippen molar-refractivity contribution in [2.45, 2.75) is 33.7 Å². The third-order valence-corrected chi connectivity index (χ3v) is 2.21. The van der Waals surface area contributed by atoms with Crippen LogP contribution in [0.2, 0.25) is 0 Å². The molecule has 0 fully saturated rings. The van der Waals surface area contributed by atoms with Crippen LogP contribution in [0.1, 0.15) is 32.8 Å². The van der Waals surface area contributed by atoms with Crippen LogP contribution >= 0.6 is 0 Å². The molecule has 0 aliphatic heterocycles. The topological polar surface area (TPSA) is 78.9 Å². The second kappa shape index (κ2) is 4.35. The molecule has 86 valence electrons. The lowest BCUT2D eigenvalue weighted by atomic mass is 9.92. The second-order valence-electron chi connectivity index (χ2n) is 4.86. The average Bonchev–Trinajstić information content (AvgIpc) is 2.16. The van der Waals surface area contributed by atoms with Gasteiger partial charge in [-0.2, -0.15) is 10.4 Å². The minimum Gasteiger partial charge on any atom is -0.505 e. The van der Waals surface area contributed by atoms with E-state index in [-0.39, 0.29) is 16.7 Å². The maximum atomic E-state index is 11.7. The molecule has 0 bridgehead atoms. The van der Waals surface area contributed by atoms with Crippen molar-refractivity contribution in [2.24, 2.45) is 5.41 Å². The van der Waals surface area contributed by atoms with Gasteiger partial charge in [0.05, 0.1) is 6.20 Å². The Hall–Kier alpha value is -1.83. The van der Waals surface area contributed by atoms with Crippen LogP contribution in [0.5, 0.6) is 5.75 Å². The zero-order valence-electron chi connectivity index (χ0n) is 9.69. The molecular formula is C11H15N3O2. The SMILES string of the molecule is CC(C)(C)CCn1ncc(O)c(C#N)c1=O. The van der Waals surface area contributed by atoms with Crippen molar-refractivity contribution in [3.8, 4) is 11.8 Å². The normalized spacial score (nSPS) is 11.1. The summed E-state index contributed by atoms with van der Waals surface area (Å²) in [5.74, 6) is -0.362. The summed E-state index contributed by atoms with van der Waals surface area (Å²) in [6, 6.07) is 1.68. The van der Waals surface area contributed by atoms with Crippen LogP contribution in [-0.2, 0) is 6.54 Å². The molecule has 0 amide bonds. The number of hydrogen-bond acceptors (Lipinski definition) is 4. The Bertz CT molecular complexity index is 477. The highest BCUT2D eigenvalue weighted by atomic mass is 16.3. The van der Waals surface area contributed by atoms with E-state index in [0.29, 0.717) is 6.54 Å². The number of hydrogen-bond donors (Lipinski definition) is 1. The van der Waals surface area contributed by atoms with Gasteiger partial charge in [0.15, 0.2) is 11.3 Å². The van der Waals surface area contributed by atoms with Crippen molar-refractivity contribution in [2.75, 3.05) is 0 Å². The summed E-state index contributed by atoms with van der Waals surface area (Å²) >= 11 is 0. The maximum Gasteiger partial charge on any atom is 0.288 e. The van der Waals surface area contributed by atoms with Gasteiger partial charge >= 0.3 is 0 Å². The van der Waals surface area contributed by atoms with Crippen molar-refractivity contribution in [3.63, 3.8) is 0 Å². The minimum atomic E-state index is -0.535. The van der Waals surface area contributed by atoms with Gasteiger partial charge in [0.1, 0.15) is 6.07 Å². The molecule has 16 heavy (non-hydrogen) atoms. The largest absolute Gasteiger partial charge is 0.505 e. The molecule has 1 aromatic rings. The third-order valence-electron chi connectivity index (χ3n) is 2.21. The fourth-order valence-electron chi connectivity index (χ4n) is 1.19. The molecular weight excluding hydrogens is 206 g/mol. The molecule has 0 unspecified atom stereocenters. The molecule has 1 rings (SSSR count). The number of nitriles is 1. The Morgan fingerprint density at radius 1 is 1.56 bits per heavy atom. The van der Waals surface area contributed by atoms with Crippen molar-refractivity contribution in [1.29, 1.82) is 5.26 Å². The summed E-state index contributed by atoms with van der Waals surface area (Å²) in [5.41, 5.74) is -0.693. The van der Waals surface area contributed by atoms with Crippen LogP contribution in [0.4, 0.5) is 0 Å². The zero-order valence-corrected chi connectivity index (χ0v) is 9.69. The van der Waals surface area contributed by atoms with Crippen LogP contribution in [0, 0.1) is 16.7 Å². The van der Waals surface area contributed by atoms with Crippen LogP contribution in [0.15, 0.2) is 11.0 Å². The Morgan fingerprint density at radius 3 is 2.69 bits per heavy atom. The van der Waals surface area contributed by atoms with Gasteiger partial charge in [-0.05, 0) is 11.8 Å². The van der Waals surface area contributed by atoms with Gasteiger partial charge in [0.25, 0.3) is 5.56 Å². The molecule has 0 atom stereocenters. The molecule has 0 aliphatic carbocycles. The molecule has 0 aromatic carbocycles. The lowest BCUT2D eigenvalue weighted by molar-refractivity contribution is 0.334. The smallest absolute Gasteiger partial charge is 0.288 e. The summed E-state index contributed by atoms with van der Waals surface area (Å²) < 4.78 is 1.21. The van der Waals surface area contributed by atoms with E-state index in [1.807, 2.05) is 0 Å². The Morgan fingerprint density at radius 2 is 2.19 bits per heavy atom. The molecule has 0 aliphatic rings. The first-order valence-electron chi connectivity index (χ1n) is 5.04. The summed E-state index contributed by atoms with van der Waals surface area (Å²) in [6.45, 7) is 6.62.